The lowest BCUT2D eigenvalue weighted by Gasteiger charge is -2.25. The normalized spacial score (nSPS) is 13.7. The molecule has 27 heavy (non-hydrogen) atoms. The Morgan fingerprint density at radius 3 is 2.52 bits per heavy atom. The van der Waals surface area contributed by atoms with Crippen LogP contribution in [0.1, 0.15) is 43.2 Å². The molecule has 0 N–H and O–H groups in total. The molecule has 0 fully saturated rings. The van der Waals surface area contributed by atoms with Gasteiger partial charge < -0.3 is 0 Å². The van der Waals surface area contributed by atoms with Gasteiger partial charge in [0.15, 0.2) is 0 Å². The molecule has 4 rings (SSSR count). The molecule has 0 saturated carbocycles. The van der Waals surface area contributed by atoms with Gasteiger partial charge in [0.05, 0.1) is 5.52 Å². The number of benzene rings is 2. The van der Waals surface area contributed by atoms with E-state index in [9.17, 15) is 4.79 Å². The fraction of sp³-hybridized carbons (Fsp3) is 0.250. The molecule has 0 unspecified atom stereocenters. The summed E-state index contributed by atoms with van der Waals surface area (Å²) in [6.07, 6.45) is 7.05. The topological polar surface area (TPSA) is 30.0 Å². The fourth-order valence-corrected chi connectivity index (χ4v) is 4.06. The number of nitrogens with zero attached hydrogens (tertiary/aromatic N) is 1. The number of rotatable bonds is 7. The number of Topliss-reactive ketones (excluding diaryl/α,β-unsaturated/α-hetero) is 1. The number of hydrogen-bond acceptors (Lipinski definition) is 3. The lowest BCUT2D eigenvalue weighted by atomic mass is 9.80. The first-order chi connectivity index (χ1) is 13.2. The monoisotopic (exact) mass is 373 g/mol. The minimum absolute atomic E-state index is 0.356. The maximum absolute atomic E-state index is 12.3. The third-order valence-corrected chi connectivity index (χ3v) is 5.78. The van der Waals surface area contributed by atoms with Crippen molar-refractivity contribution < 1.29 is 4.79 Å². The van der Waals surface area contributed by atoms with Gasteiger partial charge in [0.25, 0.3) is 0 Å². The lowest BCUT2D eigenvalue weighted by molar-refractivity contribution is -0.119. The van der Waals surface area contributed by atoms with E-state index in [0.717, 1.165) is 41.5 Å². The van der Waals surface area contributed by atoms with E-state index in [-0.39, 0.29) is 0 Å². The molecule has 0 aliphatic heterocycles. The third kappa shape index (κ3) is 3.98. The molecule has 2 aromatic carbocycles. The largest absolute Gasteiger partial charge is 0.300 e. The Balaban J connectivity index is 1.44. The molecular weight excluding hydrogens is 350 g/mol. The molecule has 0 spiro atoms. The van der Waals surface area contributed by atoms with Crippen molar-refractivity contribution in [2.24, 2.45) is 0 Å². The van der Waals surface area contributed by atoms with Crippen molar-refractivity contribution in [3.05, 3.63) is 77.5 Å². The van der Waals surface area contributed by atoms with Crippen molar-refractivity contribution >= 4 is 34.9 Å². The summed E-state index contributed by atoms with van der Waals surface area (Å²) in [6, 6.07) is 18.5. The smallest absolute Gasteiger partial charge is 0.133 e. The van der Waals surface area contributed by atoms with Crippen molar-refractivity contribution in [1.29, 1.82) is 0 Å². The van der Waals surface area contributed by atoms with E-state index >= 15 is 0 Å². The van der Waals surface area contributed by atoms with Crippen LogP contribution >= 0.6 is 12.6 Å². The van der Waals surface area contributed by atoms with Gasteiger partial charge in [-0.1, -0.05) is 48.0 Å². The van der Waals surface area contributed by atoms with Crippen LogP contribution in [-0.4, -0.2) is 10.8 Å². The highest BCUT2D eigenvalue weighted by atomic mass is 32.1. The first-order valence-electron chi connectivity index (χ1n) is 9.56. The number of carbonyl (C=O) groups excluding carboxylic acids is 1. The van der Waals surface area contributed by atoms with E-state index in [4.69, 9.17) is 0 Å². The number of para-hydroxylation sites is 1. The second-order valence-electron chi connectivity index (χ2n) is 7.14. The molecule has 3 aromatic rings. The maximum Gasteiger partial charge on any atom is 0.133 e. The highest BCUT2D eigenvalue weighted by molar-refractivity contribution is 7.80. The summed E-state index contributed by atoms with van der Waals surface area (Å²) in [5.74, 6) is 0.356. The van der Waals surface area contributed by atoms with Gasteiger partial charge in [0.2, 0.25) is 0 Å². The fourth-order valence-electron chi connectivity index (χ4n) is 3.80. The summed E-state index contributed by atoms with van der Waals surface area (Å²) < 4.78 is 0. The molecule has 1 aromatic heterocycles. The molecular formula is C24H23NOS. The molecule has 0 radical (unpaired) electrons. The molecule has 0 bridgehead atoms. The number of aromatic nitrogens is 1. The maximum atomic E-state index is 12.3. The predicted octanol–water partition coefficient (Wildman–Crippen LogP) is 6.05. The van der Waals surface area contributed by atoms with E-state index in [1.807, 2.05) is 36.5 Å². The Kier molecular flexibility index (Phi) is 5.40. The summed E-state index contributed by atoms with van der Waals surface area (Å²) in [6.45, 7) is 0. The molecule has 1 heterocycles. The summed E-state index contributed by atoms with van der Waals surface area (Å²) in [4.78, 5) is 17.7. The predicted molar refractivity (Wildman–Crippen MR) is 114 cm³/mol. The summed E-state index contributed by atoms with van der Waals surface area (Å²) in [5.41, 5.74) is 6.28. The van der Waals surface area contributed by atoms with E-state index < -0.39 is 0 Å². The van der Waals surface area contributed by atoms with E-state index in [1.165, 1.54) is 22.3 Å². The number of thiol groups is 1. The number of pyridine rings is 1. The molecule has 2 nitrogen and oxygen atoms in total. The number of aryl methyl sites for hydroxylation is 1. The minimum atomic E-state index is 0.356. The van der Waals surface area contributed by atoms with Crippen molar-refractivity contribution in [3.63, 3.8) is 0 Å². The molecule has 1 aliphatic rings. The lowest BCUT2D eigenvalue weighted by Crippen LogP contribution is -2.07. The second kappa shape index (κ2) is 8.10. The zero-order chi connectivity index (χ0) is 18.6. The highest BCUT2D eigenvalue weighted by Crippen LogP contribution is 2.41. The van der Waals surface area contributed by atoms with Crippen LogP contribution in [0, 0.1) is 0 Å². The van der Waals surface area contributed by atoms with Crippen molar-refractivity contribution in [2.45, 2.75) is 43.4 Å². The number of hydrogen-bond donors (Lipinski definition) is 1. The molecule has 0 amide bonds. The zero-order valence-electron chi connectivity index (χ0n) is 15.3. The van der Waals surface area contributed by atoms with Gasteiger partial charge in [0, 0.05) is 29.3 Å². The average molecular weight is 374 g/mol. The van der Waals surface area contributed by atoms with Crippen molar-refractivity contribution in [2.75, 3.05) is 0 Å². The number of fused-ring (bicyclic) bond motifs is 1. The summed E-state index contributed by atoms with van der Waals surface area (Å²) in [5, 5.41) is 1.16. The summed E-state index contributed by atoms with van der Waals surface area (Å²) in [7, 11) is 0. The van der Waals surface area contributed by atoms with Crippen LogP contribution in [0.2, 0.25) is 0 Å². The zero-order valence-corrected chi connectivity index (χ0v) is 16.2. The van der Waals surface area contributed by atoms with Gasteiger partial charge in [-0.3, -0.25) is 9.78 Å². The Labute approximate surface area is 165 Å². The van der Waals surface area contributed by atoms with E-state index in [0.29, 0.717) is 18.6 Å². The molecule has 0 saturated heterocycles. The van der Waals surface area contributed by atoms with Crippen LogP contribution in [0.5, 0.6) is 0 Å². The van der Waals surface area contributed by atoms with Crippen LogP contribution in [-0.2, 0) is 11.2 Å². The number of allylic oxidation sites excluding steroid dienone is 2. The van der Waals surface area contributed by atoms with Gasteiger partial charge in [-0.2, -0.15) is 0 Å². The van der Waals surface area contributed by atoms with Crippen LogP contribution in [0.4, 0.5) is 0 Å². The Morgan fingerprint density at radius 2 is 1.74 bits per heavy atom. The first kappa shape index (κ1) is 18.0. The highest BCUT2D eigenvalue weighted by Gasteiger charge is 2.21. The van der Waals surface area contributed by atoms with E-state index in [1.54, 1.807) is 0 Å². The van der Waals surface area contributed by atoms with E-state index in [2.05, 4.69) is 41.9 Å². The van der Waals surface area contributed by atoms with Gasteiger partial charge in [-0.15, -0.1) is 12.6 Å². The van der Waals surface area contributed by atoms with Gasteiger partial charge in [0.1, 0.15) is 5.78 Å². The Morgan fingerprint density at radius 1 is 0.926 bits per heavy atom. The average Bonchev–Trinajstić information content (AvgIpc) is 2.67. The number of carbonyl (C=O) groups is 1. The Hall–Kier alpha value is -2.39. The van der Waals surface area contributed by atoms with Crippen LogP contribution < -0.4 is 0 Å². The minimum Gasteiger partial charge on any atom is -0.300 e. The van der Waals surface area contributed by atoms with Crippen molar-refractivity contribution in [3.8, 4) is 0 Å². The first-order valence-corrected chi connectivity index (χ1v) is 10.0. The molecule has 3 heteroatoms. The van der Waals surface area contributed by atoms with Gasteiger partial charge >= 0.3 is 0 Å². The molecule has 136 valence electrons. The van der Waals surface area contributed by atoms with Crippen LogP contribution in [0.25, 0.3) is 16.5 Å². The summed E-state index contributed by atoms with van der Waals surface area (Å²) >= 11 is 4.53. The van der Waals surface area contributed by atoms with Crippen molar-refractivity contribution in [1.82, 2.24) is 4.98 Å². The quantitative estimate of drug-likeness (QED) is 0.511. The molecule has 0 atom stereocenters. The second-order valence-corrected chi connectivity index (χ2v) is 7.62. The van der Waals surface area contributed by atoms with Crippen LogP contribution in [0.15, 0.2) is 71.3 Å². The van der Waals surface area contributed by atoms with Gasteiger partial charge in [-0.05, 0) is 54.5 Å². The standard InChI is InChI=1S/C24H23NOS/c26-19(12-9-17-5-2-1-3-6-17)13-10-18-11-14-20(18)21-15-16-25-24-22(21)7-4-8-23(24)27/h1-8,15-16,27H,9-14H2. The Bertz CT molecular complexity index is 1010. The van der Waals surface area contributed by atoms with Crippen LogP contribution in [0.3, 0.4) is 0 Å². The number of ketones is 1. The molecule has 1 aliphatic carbocycles. The van der Waals surface area contributed by atoms with Gasteiger partial charge in [-0.25, -0.2) is 0 Å². The SMILES string of the molecule is O=C(CCC1=C(c2ccnc3c(S)cccc23)CC1)CCc1ccccc1. The third-order valence-electron chi connectivity index (χ3n) is 5.42.